The molecular formula is C22H22F3NO4S. The van der Waals surface area contributed by atoms with Gasteiger partial charge >= 0.3 is 17.6 Å². The number of halogens is 3. The van der Waals surface area contributed by atoms with Crippen molar-refractivity contribution in [3.63, 3.8) is 0 Å². The lowest BCUT2D eigenvalue weighted by molar-refractivity contribution is -0.0339. The molecule has 0 saturated carbocycles. The average Bonchev–Trinajstić information content (AvgIpc) is 2.76. The first-order valence-electron chi connectivity index (χ1n) is 9.67. The molecule has 0 radical (unpaired) electrons. The maximum Gasteiger partial charge on any atom is 0.442 e. The maximum absolute atomic E-state index is 12.9. The lowest BCUT2D eigenvalue weighted by Crippen LogP contribution is -2.42. The predicted octanol–water partition coefficient (Wildman–Crippen LogP) is 5.57. The summed E-state index contributed by atoms with van der Waals surface area (Å²) in [5.74, 6) is -0.514. The van der Waals surface area contributed by atoms with E-state index in [9.17, 15) is 22.8 Å². The summed E-state index contributed by atoms with van der Waals surface area (Å²) < 4.78 is 48.9. The second-order valence-electron chi connectivity index (χ2n) is 7.07. The number of benzene rings is 2. The molecule has 9 heteroatoms. The number of methoxy groups -OCH3 is 1. The Morgan fingerprint density at radius 1 is 1.10 bits per heavy atom. The number of thioether (sulfide) groups is 1. The summed E-state index contributed by atoms with van der Waals surface area (Å²) in [6.07, 6.45) is -0.245. The van der Waals surface area contributed by atoms with Gasteiger partial charge in [-0.3, -0.25) is 0 Å². The molecule has 2 aromatic rings. The van der Waals surface area contributed by atoms with Crippen molar-refractivity contribution in [2.24, 2.45) is 0 Å². The number of alkyl halides is 3. The molecule has 0 unspecified atom stereocenters. The number of likely N-dealkylation sites (tertiary alicyclic amines) is 1. The third-order valence-electron chi connectivity index (χ3n) is 5.01. The van der Waals surface area contributed by atoms with Crippen LogP contribution in [0.4, 0.5) is 18.0 Å². The Bertz CT molecular complexity index is 890. The fourth-order valence-corrected chi connectivity index (χ4v) is 4.40. The summed E-state index contributed by atoms with van der Waals surface area (Å²) >= 11 is -0.0411. The van der Waals surface area contributed by atoms with Crippen LogP contribution in [0.1, 0.15) is 40.4 Å². The summed E-state index contributed by atoms with van der Waals surface area (Å²) in [6.45, 7) is 0.218. The Kier molecular flexibility index (Phi) is 7.48. The van der Waals surface area contributed by atoms with E-state index >= 15 is 0 Å². The zero-order valence-electron chi connectivity index (χ0n) is 16.8. The van der Waals surface area contributed by atoms with Gasteiger partial charge in [-0.1, -0.05) is 42.5 Å². The quantitative estimate of drug-likeness (QED) is 0.554. The van der Waals surface area contributed by atoms with Gasteiger partial charge in [0.25, 0.3) is 0 Å². The van der Waals surface area contributed by atoms with Crippen molar-refractivity contribution >= 4 is 23.8 Å². The van der Waals surface area contributed by atoms with Crippen LogP contribution in [0.25, 0.3) is 0 Å². The number of carbonyl (C=O) groups excluding carboxylic acids is 2. The predicted molar refractivity (Wildman–Crippen MR) is 111 cm³/mol. The van der Waals surface area contributed by atoms with Crippen LogP contribution in [0.5, 0.6) is 0 Å². The van der Waals surface area contributed by atoms with Gasteiger partial charge in [-0.05, 0) is 47.9 Å². The van der Waals surface area contributed by atoms with E-state index in [2.05, 4.69) is 4.74 Å². The molecule has 0 aliphatic carbocycles. The highest BCUT2D eigenvalue weighted by atomic mass is 32.2. The fraction of sp³-hybridized carbons (Fsp3) is 0.364. The Hall–Kier alpha value is -2.68. The van der Waals surface area contributed by atoms with Gasteiger partial charge in [-0.2, -0.15) is 13.2 Å². The van der Waals surface area contributed by atoms with E-state index in [0.29, 0.717) is 11.1 Å². The minimum absolute atomic E-state index is 0.0411. The highest BCUT2D eigenvalue weighted by Gasteiger charge is 2.40. The Balaban J connectivity index is 1.77. The van der Waals surface area contributed by atoms with Crippen LogP contribution in [0.15, 0.2) is 54.6 Å². The molecule has 166 valence electrons. The van der Waals surface area contributed by atoms with Gasteiger partial charge in [0, 0.05) is 11.8 Å². The van der Waals surface area contributed by atoms with Crippen LogP contribution in [0, 0.1) is 0 Å². The average molecular weight is 453 g/mol. The van der Waals surface area contributed by atoms with Gasteiger partial charge < -0.3 is 14.4 Å². The smallest absolute Gasteiger partial charge is 0.442 e. The molecule has 1 amide bonds. The summed E-state index contributed by atoms with van der Waals surface area (Å²) in [5.41, 5.74) is -2.57. The summed E-state index contributed by atoms with van der Waals surface area (Å²) in [4.78, 5) is 25.9. The van der Waals surface area contributed by atoms with E-state index in [1.807, 2.05) is 30.3 Å². The lowest BCUT2D eigenvalue weighted by atomic mass is 9.94. The fourth-order valence-electron chi connectivity index (χ4n) is 3.53. The van der Waals surface area contributed by atoms with E-state index in [0.717, 1.165) is 5.56 Å². The van der Waals surface area contributed by atoms with Gasteiger partial charge in [0.15, 0.2) is 0 Å². The molecule has 1 fully saturated rings. The Labute approximate surface area is 182 Å². The first-order chi connectivity index (χ1) is 14.8. The lowest BCUT2D eigenvalue weighted by Gasteiger charge is -2.39. The number of rotatable bonds is 5. The molecule has 3 rings (SSSR count). The zero-order valence-corrected chi connectivity index (χ0v) is 17.6. The van der Waals surface area contributed by atoms with Crippen molar-refractivity contribution in [1.29, 1.82) is 0 Å². The van der Waals surface area contributed by atoms with Crippen molar-refractivity contribution in [2.75, 3.05) is 13.7 Å². The van der Waals surface area contributed by atoms with Crippen LogP contribution in [0.2, 0.25) is 0 Å². The highest BCUT2D eigenvalue weighted by Crippen LogP contribution is 2.43. The third kappa shape index (κ3) is 6.40. The van der Waals surface area contributed by atoms with Crippen LogP contribution < -0.4 is 0 Å². The first-order valence-corrected chi connectivity index (χ1v) is 10.5. The molecule has 0 spiro atoms. The number of nitrogens with zero attached hydrogens (tertiary/aromatic N) is 1. The molecule has 0 N–H and O–H groups in total. The van der Waals surface area contributed by atoms with E-state index in [-0.39, 0.29) is 37.8 Å². The number of piperidine rings is 1. The van der Waals surface area contributed by atoms with Crippen molar-refractivity contribution in [2.45, 2.75) is 36.2 Å². The first kappa shape index (κ1) is 23.0. The minimum Gasteiger partial charge on any atom is -0.465 e. The minimum atomic E-state index is -4.35. The zero-order chi connectivity index (χ0) is 22.4. The number of esters is 1. The molecule has 1 saturated heterocycles. The summed E-state index contributed by atoms with van der Waals surface area (Å²) in [7, 11) is 1.26. The SMILES string of the molecule is COC(=O)c1ccc([C@@H]2C[C@@H](SC(F)(F)F)CCN2C(=O)OCc2ccccc2)cc1. The molecule has 1 aliphatic rings. The Morgan fingerprint density at radius 3 is 2.39 bits per heavy atom. The third-order valence-corrected chi connectivity index (χ3v) is 6.04. The second-order valence-corrected chi connectivity index (χ2v) is 8.44. The second kappa shape index (κ2) is 10.1. The van der Waals surface area contributed by atoms with Crippen LogP contribution in [-0.4, -0.2) is 41.4 Å². The molecule has 5 nitrogen and oxygen atoms in total. The standard InChI is InChI=1S/C22H22F3NO4S/c1-29-20(27)17-9-7-16(8-10-17)19-13-18(31-22(23,24)25)11-12-26(19)21(28)30-14-15-5-3-2-4-6-15/h2-10,18-19H,11-14H2,1H3/t18-,19-/m0/s1. The molecule has 2 aromatic carbocycles. The van der Waals surface area contributed by atoms with Gasteiger partial charge in [0.05, 0.1) is 18.7 Å². The molecule has 31 heavy (non-hydrogen) atoms. The van der Waals surface area contributed by atoms with E-state index in [1.54, 1.807) is 12.1 Å². The molecule has 2 atom stereocenters. The van der Waals surface area contributed by atoms with E-state index < -0.39 is 28.9 Å². The molecule has 1 aliphatic heterocycles. The monoisotopic (exact) mass is 453 g/mol. The number of ether oxygens (including phenoxy) is 2. The van der Waals surface area contributed by atoms with E-state index in [1.165, 1.54) is 24.1 Å². The van der Waals surface area contributed by atoms with Gasteiger partial charge in [0.1, 0.15) is 6.61 Å². The van der Waals surface area contributed by atoms with Crippen molar-refractivity contribution in [3.8, 4) is 0 Å². The maximum atomic E-state index is 12.9. The highest BCUT2D eigenvalue weighted by molar-refractivity contribution is 8.00. The van der Waals surface area contributed by atoms with Crippen molar-refractivity contribution in [1.82, 2.24) is 4.90 Å². The summed E-state index contributed by atoms with van der Waals surface area (Å²) in [5, 5.41) is -0.677. The van der Waals surface area contributed by atoms with Gasteiger partial charge in [-0.25, -0.2) is 9.59 Å². The molecule has 0 bridgehead atoms. The van der Waals surface area contributed by atoms with Crippen molar-refractivity contribution < 1.29 is 32.2 Å². The van der Waals surface area contributed by atoms with Crippen molar-refractivity contribution in [3.05, 3.63) is 71.3 Å². The molecule has 1 heterocycles. The topological polar surface area (TPSA) is 55.8 Å². The molecule has 0 aromatic heterocycles. The number of hydrogen-bond donors (Lipinski definition) is 0. The number of amides is 1. The number of carbonyl (C=O) groups is 2. The largest absolute Gasteiger partial charge is 0.465 e. The van der Waals surface area contributed by atoms with Gasteiger partial charge in [0.2, 0.25) is 0 Å². The van der Waals surface area contributed by atoms with Crippen LogP contribution >= 0.6 is 11.8 Å². The normalized spacial score (nSPS) is 19.0. The van der Waals surface area contributed by atoms with E-state index in [4.69, 9.17) is 4.74 Å². The van der Waals surface area contributed by atoms with Crippen LogP contribution in [0.3, 0.4) is 0 Å². The Morgan fingerprint density at radius 2 is 1.77 bits per heavy atom. The van der Waals surface area contributed by atoms with Gasteiger partial charge in [-0.15, -0.1) is 0 Å². The number of hydrogen-bond acceptors (Lipinski definition) is 5. The summed E-state index contributed by atoms with van der Waals surface area (Å²) in [6, 6.07) is 14.9. The van der Waals surface area contributed by atoms with Crippen LogP contribution in [-0.2, 0) is 16.1 Å². The molecular weight excluding hydrogens is 431 g/mol.